The van der Waals surface area contributed by atoms with Crippen LogP contribution in [0.2, 0.25) is 5.02 Å². The molecule has 3 aromatic rings. The zero-order valence-corrected chi connectivity index (χ0v) is 13.9. The van der Waals surface area contributed by atoms with Crippen molar-refractivity contribution in [2.45, 2.75) is 6.92 Å². The first kappa shape index (κ1) is 16.0. The van der Waals surface area contributed by atoms with Crippen molar-refractivity contribution in [2.75, 3.05) is 12.4 Å². The van der Waals surface area contributed by atoms with Crippen LogP contribution in [-0.2, 0) is 0 Å². The van der Waals surface area contributed by atoms with Crippen molar-refractivity contribution in [3.05, 3.63) is 65.2 Å². The van der Waals surface area contributed by atoms with Crippen molar-refractivity contribution < 1.29 is 9.53 Å². The molecule has 0 radical (unpaired) electrons. The second-order valence-electron chi connectivity index (χ2n) is 5.14. The summed E-state index contributed by atoms with van der Waals surface area (Å²) >= 11 is 6.08. The van der Waals surface area contributed by atoms with Crippen LogP contribution in [-0.4, -0.2) is 27.8 Å². The first-order valence-electron chi connectivity index (χ1n) is 7.19. The van der Waals surface area contributed by atoms with Crippen molar-refractivity contribution in [2.24, 2.45) is 0 Å². The quantitative estimate of drug-likeness (QED) is 0.788. The van der Waals surface area contributed by atoms with E-state index < -0.39 is 0 Å². The van der Waals surface area contributed by atoms with Crippen LogP contribution in [0.1, 0.15) is 15.9 Å². The lowest BCUT2D eigenvalue weighted by Gasteiger charge is -2.12. The number of hydrogen-bond acceptors (Lipinski definition) is 4. The van der Waals surface area contributed by atoms with Gasteiger partial charge in [-0.05, 0) is 42.8 Å². The molecule has 1 heterocycles. The van der Waals surface area contributed by atoms with Crippen LogP contribution < -0.4 is 10.1 Å². The highest BCUT2D eigenvalue weighted by Gasteiger charge is 2.12. The van der Waals surface area contributed by atoms with Crippen LogP contribution in [0.3, 0.4) is 0 Å². The fourth-order valence-corrected chi connectivity index (χ4v) is 2.39. The Kier molecular flexibility index (Phi) is 4.48. The number of hydrogen-bond donors (Lipinski definition) is 1. The van der Waals surface area contributed by atoms with Gasteiger partial charge in [0.15, 0.2) is 0 Å². The maximum Gasteiger partial charge on any atom is 0.255 e. The van der Waals surface area contributed by atoms with Gasteiger partial charge in [0.05, 0.1) is 18.5 Å². The summed E-state index contributed by atoms with van der Waals surface area (Å²) in [5.41, 5.74) is 2.77. The van der Waals surface area contributed by atoms with E-state index in [1.807, 2.05) is 6.92 Å². The number of methoxy groups -OCH3 is 1. The number of carbonyl (C=O) groups excluding carboxylic acids is 1. The first-order chi connectivity index (χ1) is 11.6. The summed E-state index contributed by atoms with van der Waals surface area (Å²) < 4.78 is 6.89. The lowest BCUT2D eigenvalue weighted by molar-refractivity contribution is 0.102. The molecule has 1 N–H and O–H groups in total. The van der Waals surface area contributed by atoms with Crippen molar-refractivity contribution >= 4 is 23.2 Å². The maximum atomic E-state index is 12.4. The molecule has 0 atom stereocenters. The predicted molar refractivity (Wildman–Crippen MR) is 92.1 cm³/mol. The molecule has 0 saturated heterocycles. The number of anilines is 1. The minimum absolute atomic E-state index is 0.236. The van der Waals surface area contributed by atoms with E-state index in [4.69, 9.17) is 16.3 Å². The lowest BCUT2D eigenvalue weighted by Crippen LogP contribution is -2.13. The zero-order valence-electron chi connectivity index (χ0n) is 13.2. The van der Waals surface area contributed by atoms with Gasteiger partial charge in [0.1, 0.15) is 18.4 Å². The largest absolute Gasteiger partial charge is 0.495 e. The summed E-state index contributed by atoms with van der Waals surface area (Å²) in [5, 5.41) is 7.47. The highest BCUT2D eigenvalue weighted by Crippen LogP contribution is 2.31. The molecule has 0 unspecified atom stereocenters. The third kappa shape index (κ3) is 3.23. The fourth-order valence-electron chi connectivity index (χ4n) is 2.23. The molecule has 0 aliphatic carbocycles. The molecule has 6 nitrogen and oxygen atoms in total. The summed E-state index contributed by atoms with van der Waals surface area (Å²) in [7, 11) is 1.53. The molecule has 122 valence electrons. The Hall–Kier alpha value is -2.86. The van der Waals surface area contributed by atoms with Crippen molar-refractivity contribution in [3.8, 4) is 11.4 Å². The molecular formula is C17H15ClN4O2. The normalized spacial score (nSPS) is 10.5. The van der Waals surface area contributed by atoms with Gasteiger partial charge >= 0.3 is 0 Å². The van der Waals surface area contributed by atoms with Gasteiger partial charge < -0.3 is 10.1 Å². The Balaban J connectivity index is 1.81. The number of amides is 1. The molecule has 1 amide bonds. The number of nitrogens with zero attached hydrogens (tertiary/aromatic N) is 3. The summed E-state index contributed by atoms with van der Waals surface area (Å²) in [6, 6.07) is 10.5. The van der Waals surface area contributed by atoms with Crippen LogP contribution >= 0.6 is 11.6 Å². The van der Waals surface area contributed by atoms with Gasteiger partial charge in [-0.2, -0.15) is 5.10 Å². The molecule has 1 aromatic heterocycles. The summed E-state index contributed by atoms with van der Waals surface area (Å²) in [4.78, 5) is 16.3. The number of aromatic nitrogens is 3. The molecule has 7 heteroatoms. The van der Waals surface area contributed by atoms with E-state index in [0.29, 0.717) is 22.0 Å². The average Bonchev–Trinajstić information content (AvgIpc) is 3.12. The number of ether oxygens (including phenoxy) is 1. The molecular weight excluding hydrogens is 328 g/mol. The van der Waals surface area contributed by atoms with E-state index in [0.717, 1.165) is 11.3 Å². The van der Waals surface area contributed by atoms with Crippen LogP contribution in [0.15, 0.2) is 49.1 Å². The van der Waals surface area contributed by atoms with Gasteiger partial charge in [-0.1, -0.05) is 11.6 Å². The minimum atomic E-state index is -0.236. The molecule has 24 heavy (non-hydrogen) atoms. The van der Waals surface area contributed by atoms with Crippen LogP contribution in [0.5, 0.6) is 5.75 Å². The molecule has 0 fully saturated rings. The second kappa shape index (κ2) is 6.72. The molecule has 0 saturated carbocycles. The van der Waals surface area contributed by atoms with E-state index in [9.17, 15) is 4.79 Å². The monoisotopic (exact) mass is 342 g/mol. The molecule has 0 aliphatic heterocycles. The smallest absolute Gasteiger partial charge is 0.255 e. The van der Waals surface area contributed by atoms with Gasteiger partial charge in [0, 0.05) is 16.7 Å². The first-order valence-corrected chi connectivity index (χ1v) is 7.57. The Morgan fingerprint density at radius 3 is 2.62 bits per heavy atom. The van der Waals surface area contributed by atoms with E-state index >= 15 is 0 Å². The zero-order chi connectivity index (χ0) is 17.1. The Bertz CT molecular complexity index is 861. The molecule has 0 aliphatic rings. The number of nitrogens with one attached hydrogen (secondary N) is 1. The van der Waals surface area contributed by atoms with Crippen molar-refractivity contribution in [1.82, 2.24) is 14.8 Å². The highest BCUT2D eigenvalue weighted by atomic mass is 35.5. The van der Waals surface area contributed by atoms with Crippen LogP contribution in [0, 0.1) is 6.92 Å². The number of aryl methyl sites for hydroxylation is 1. The number of halogens is 1. The summed E-state index contributed by atoms with van der Waals surface area (Å²) in [5.74, 6) is 0.276. The third-order valence-electron chi connectivity index (χ3n) is 3.54. The lowest BCUT2D eigenvalue weighted by atomic mass is 10.1. The average molecular weight is 343 g/mol. The predicted octanol–water partition coefficient (Wildman–Crippen LogP) is 3.49. The number of carbonyl (C=O) groups is 1. The van der Waals surface area contributed by atoms with Crippen LogP contribution in [0.4, 0.5) is 5.69 Å². The Morgan fingerprint density at radius 2 is 2.00 bits per heavy atom. The molecule has 0 bridgehead atoms. The number of benzene rings is 2. The standard InChI is InChI=1S/C17H15ClN4O2/c1-11-7-15(16(24-2)8-14(11)18)21-17(23)12-3-5-13(6-4-12)22-10-19-9-20-22/h3-10H,1-2H3,(H,21,23). The van der Waals surface area contributed by atoms with E-state index in [-0.39, 0.29) is 5.91 Å². The molecule has 3 rings (SSSR count). The third-order valence-corrected chi connectivity index (χ3v) is 3.95. The van der Waals surface area contributed by atoms with Gasteiger partial charge in [0.25, 0.3) is 5.91 Å². The number of rotatable bonds is 4. The Morgan fingerprint density at radius 1 is 1.25 bits per heavy atom. The fraction of sp³-hybridized carbons (Fsp3) is 0.118. The molecule has 2 aromatic carbocycles. The topological polar surface area (TPSA) is 69.0 Å². The highest BCUT2D eigenvalue weighted by molar-refractivity contribution is 6.31. The minimum Gasteiger partial charge on any atom is -0.495 e. The maximum absolute atomic E-state index is 12.4. The van der Waals surface area contributed by atoms with Crippen molar-refractivity contribution in [3.63, 3.8) is 0 Å². The van der Waals surface area contributed by atoms with Gasteiger partial charge in [-0.3, -0.25) is 4.79 Å². The van der Waals surface area contributed by atoms with Gasteiger partial charge in [-0.25, -0.2) is 9.67 Å². The SMILES string of the molecule is COc1cc(Cl)c(C)cc1NC(=O)c1ccc(-n2cncn2)cc1. The van der Waals surface area contributed by atoms with Crippen LogP contribution in [0.25, 0.3) is 5.69 Å². The Labute approximate surface area is 144 Å². The van der Waals surface area contributed by atoms with Gasteiger partial charge in [0.2, 0.25) is 0 Å². The van der Waals surface area contributed by atoms with E-state index in [2.05, 4.69) is 15.4 Å². The summed E-state index contributed by atoms with van der Waals surface area (Å²) in [6.45, 7) is 1.87. The van der Waals surface area contributed by atoms with Gasteiger partial charge in [-0.15, -0.1) is 0 Å². The van der Waals surface area contributed by atoms with E-state index in [1.165, 1.54) is 13.4 Å². The van der Waals surface area contributed by atoms with Crippen molar-refractivity contribution in [1.29, 1.82) is 0 Å². The van der Waals surface area contributed by atoms with E-state index in [1.54, 1.807) is 47.4 Å². The molecule has 0 spiro atoms. The summed E-state index contributed by atoms with van der Waals surface area (Å²) in [6.07, 6.45) is 3.05. The second-order valence-corrected chi connectivity index (χ2v) is 5.55.